The number of ether oxygens (including phenoxy) is 1. The first-order valence-electron chi connectivity index (χ1n) is 3.74. The average molecular weight is 183 g/mol. The fraction of sp³-hybridized carbons (Fsp3) is 0.222. The van der Waals surface area contributed by atoms with Gasteiger partial charge in [-0.25, -0.2) is 4.39 Å². The highest BCUT2D eigenvalue weighted by atomic mass is 19.1. The SMILES string of the molecule is COc1ccc(F)cc1NC(C)=O. The monoisotopic (exact) mass is 183 g/mol. The predicted octanol–water partition coefficient (Wildman–Crippen LogP) is 1.79. The number of hydrogen-bond acceptors (Lipinski definition) is 2. The number of carbonyl (C=O) groups excluding carboxylic acids is 1. The Morgan fingerprint density at radius 1 is 1.54 bits per heavy atom. The quantitative estimate of drug-likeness (QED) is 0.759. The molecule has 0 radical (unpaired) electrons. The van der Waals surface area contributed by atoms with Crippen molar-refractivity contribution in [2.45, 2.75) is 6.92 Å². The smallest absolute Gasteiger partial charge is 0.221 e. The first-order valence-corrected chi connectivity index (χ1v) is 3.74. The van der Waals surface area contributed by atoms with E-state index in [1.165, 1.54) is 32.2 Å². The van der Waals surface area contributed by atoms with E-state index in [0.29, 0.717) is 11.4 Å². The fourth-order valence-corrected chi connectivity index (χ4v) is 0.968. The summed E-state index contributed by atoms with van der Waals surface area (Å²) in [6.07, 6.45) is 0. The molecule has 0 aliphatic heterocycles. The standard InChI is InChI=1S/C9H10FNO2/c1-6(12)11-8-5-7(10)3-4-9(8)13-2/h3-5H,1-2H3,(H,11,12). The predicted molar refractivity (Wildman–Crippen MR) is 47.3 cm³/mol. The molecule has 0 aliphatic rings. The number of methoxy groups -OCH3 is 1. The summed E-state index contributed by atoms with van der Waals surface area (Å²) >= 11 is 0. The van der Waals surface area contributed by atoms with Crippen LogP contribution >= 0.6 is 0 Å². The molecule has 0 aliphatic carbocycles. The van der Waals surface area contributed by atoms with Crippen molar-refractivity contribution in [2.24, 2.45) is 0 Å². The maximum absolute atomic E-state index is 12.7. The van der Waals surface area contributed by atoms with Crippen LogP contribution in [0.2, 0.25) is 0 Å². The molecule has 0 unspecified atom stereocenters. The van der Waals surface area contributed by atoms with E-state index in [-0.39, 0.29) is 5.91 Å². The number of anilines is 1. The van der Waals surface area contributed by atoms with Gasteiger partial charge in [0.15, 0.2) is 0 Å². The van der Waals surface area contributed by atoms with E-state index in [1.54, 1.807) is 0 Å². The zero-order chi connectivity index (χ0) is 9.84. The average Bonchev–Trinajstić information content (AvgIpc) is 2.03. The molecule has 1 N–H and O–H groups in total. The number of nitrogens with one attached hydrogen (secondary N) is 1. The largest absolute Gasteiger partial charge is 0.495 e. The van der Waals surface area contributed by atoms with Crippen molar-refractivity contribution >= 4 is 11.6 Å². The van der Waals surface area contributed by atoms with Crippen LogP contribution in [0.4, 0.5) is 10.1 Å². The number of amides is 1. The van der Waals surface area contributed by atoms with Gasteiger partial charge in [0, 0.05) is 13.0 Å². The second kappa shape index (κ2) is 3.89. The highest BCUT2D eigenvalue weighted by molar-refractivity contribution is 5.90. The van der Waals surface area contributed by atoms with Crippen LogP contribution in [-0.2, 0) is 4.79 Å². The normalized spacial score (nSPS) is 9.46. The van der Waals surface area contributed by atoms with E-state index in [2.05, 4.69) is 5.32 Å². The van der Waals surface area contributed by atoms with E-state index < -0.39 is 5.82 Å². The van der Waals surface area contributed by atoms with Crippen molar-refractivity contribution < 1.29 is 13.9 Å². The molecule has 0 aromatic heterocycles. The Labute approximate surface area is 75.5 Å². The molecule has 1 amide bonds. The van der Waals surface area contributed by atoms with Crippen LogP contribution < -0.4 is 10.1 Å². The Bertz CT molecular complexity index is 325. The van der Waals surface area contributed by atoms with E-state index >= 15 is 0 Å². The van der Waals surface area contributed by atoms with Crippen LogP contribution in [0.15, 0.2) is 18.2 Å². The molecule has 0 spiro atoms. The zero-order valence-corrected chi connectivity index (χ0v) is 7.43. The van der Waals surface area contributed by atoms with Gasteiger partial charge in [-0.1, -0.05) is 0 Å². The van der Waals surface area contributed by atoms with Gasteiger partial charge in [-0.15, -0.1) is 0 Å². The second-order valence-corrected chi connectivity index (χ2v) is 2.53. The molecule has 13 heavy (non-hydrogen) atoms. The highest BCUT2D eigenvalue weighted by Crippen LogP contribution is 2.24. The van der Waals surface area contributed by atoms with Gasteiger partial charge in [-0.3, -0.25) is 4.79 Å². The molecular formula is C9H10FNO2. The first-order chi connectivity index (χ1) is 6.13. The molecule has 0 fully saturated rings. The van der Waals surface area contributed by atoms with Crippen LogP contribution in [0.3, 0.4) is 0 Å². The molecule has 1 rings (SSSR count). The molecule has 1 aromatic carbocycles. The Hall–Kier alpha value is -1.58. The number of halogens is 1. The zero-order valence-electron chi connectivity index (χ0n) is 7.43. The van der Waals surface area contributed by atoms with Crippen LogP contribution in [0.25, 0.3) is 0 Å². The van der Waals surface area contributed by atoms with Gasteiger partial charge in [0.05, 0.1) is 12.8 Å². The van der Waals surface area contributed by atoms with Gasteiger partial charge < -0.3 is 10.1 Å². The third-order valence-corrected chi connectivity index (χ3v) is 1.47. The second-order valence-electron chi connectivity index (χ2n) is 2.53. The van der Waals surface area contributed by atoms with Gasteiger partial charge in [0.25, 0.3) is 0 Å². The van der Waals surface area contributed by atoms with Crippen molar-refractivity contribution in [3.63, 3.8) is 0 Å². The third-order valence-electron chi connectivity index (χ3n) is 1.47. The van der Waals surface area contributed by atoms with Crippen molar-refractivity contribution in [3.8, 4) is 5.75 Å². The summed E-state index contributed by atoms with van der Waals surface area (Å²) < 4.78 is 17.6. The third kappa shape index (κ3) is 2.43. The highest BCUT2D eigenvalue weighted by Gasteiger charge is 2.04. The van der Waals surface area contributed by atoms with Gasteiger partial charge in [-0.05, 0) is 12.1 Å². The van der Waals surface area contributed by atoms with Crippen LogP contribution in [0.1, 0.15) is 6.92 Å². The lowest BCUT2D eigenvalue weighted by molar-refractivity contribution is -0.114. The minimum Gasteiger partial charge on any atom is -0.495 e. The molecule has 0 atom stereocenters. The molecule has 4 heteroatoms. The van der Waals surface area contributed by atoms with E-state index in [0.717, 1.165) is 0 Å². The number of hydrogen-bond donors (Lipinski definition) is 1. The van der Waals surface area contributed by atoms with Crippen molar-refractivity contribution in [2.75, 3.05) is 12.4 Å². The minimum atomic E-state index is -0.412. The number of rotatable bonds is 2. The van der Waals surface area contributed by atoms with Crippen LogP contribution in [0, 0.1) is 5.82 Å². The lowest BCUT2D eigenvalue weighted by Gasteiger charge is -2.07. The van der Waals surface area contributed by atoms with E-state index in [4.69, 9.17) is 4.74 Å². The van der Waals surface area contributed by atoms with E-state index in [1.807, 2.05) is 0 Å². The van der Waals surface area contributed by atoms with Crippen LogP contribution in [-0.4, -0.2) is 13.0 Å². The Kier molecular flexibility index (Phi) is 2.84. The van der Waals surface area contributed by atoms with Crippen LogP contribution in [0.5, 0.6) is 5.75 Å². The summed E-state index contributed by atoms with van der Waals surface area (Å²) in [5.41, 5.74) is 0.343. The topological polar surface area (TPSA) is 38.3 Å². The lowest BCUT2D eigenvalue weighted by Crippen LogP contribution is -2.07. The first kappa shape index (κ1) is 9.51. The molecule has 0 saturated heterocycles. The fourth-order valence-electron chi connectivity index (χ4n) is 0.968. The molecular weight excluding hydrogens is 173 g/mol. The molecule has 0 bridgehead atoms. The summed E-state index contributed by atoms with van der Waals surface area (Å²) in [4.78, 5) is 10.7. The van der Waals surface area contributed by atoms with Crippen molar-refractivity contribution in [3.05, 3.63) is 24.0 Å². The Morgan fingerprint density at radius 2 is 2.23 bits per heavy atom. The minimum absolute atomic E-state index is 0.260. The Morgan fingerprint density at radius 3 is 2.77 bits per heavy atom. The van der Waals surface area contributed by atoms with Gasteiger partial charge in [-0.2, -0.15) is 0 Å². The van der Waals surface area contributed by atoms with Crippen molar-refractivity contribution in [1.82, 2.24) is 0 Å². The Balaban J connectivity index is 3.01. The molecule has 0 saturated carbocycles. The molecule has 3 nitrogen and oxygen atoms in total. The van der Waals surface area contributed by atoms with Gasteiger partial charge in [0.2, 0.25) is 5.91 Å². The van der Waals surface area contributed by atoms with Gasteiger partial charge in [0.1, 0.15) is 11.6 Å². The summed E-state index contributed by atoms with van der Waals surface area (Å²) in [6, 6.07) is 3.94. The summed E-state index contributed by atoms with van der Waals surface area (Å²) in [5, 5.41) is 2.46. The maximum Gasteiger partial charge on any atom is 0.221 e. The van der Waals surface area contributed by atoms with Gasteiger partial charge >= 0.3 is 0 Å². The maximum atomic E-state index is 12.7. The summed E-state index contributed by atoms with van der Waals surface area (Å²) in [6.45, 7) is 1.35. The summed E-state index contributed by atoms with van der Waals surface area (Å²) in [5.74, 6) is -0.231. The summed E-state index contributed by atoms with van der Waals surface area (Å²) in [7, 11) is 1.46. The molecule has 0 heterocycles. The molecule has 70 valence electrons. The van der Waals surface area contributed by atoms with Crippen molar-refractivity contribution in [1.29, 1.82) is 0 Å². The molecule has 1 aromatic rings. The number of carbonyl (C=O) groups is 1. The number of benzene rings is 1. The van der Waals surface area contributed by atoms with E-state index in [9.17, 15) is 9.18 Å². The lowest BCUT2D eigenvalue weighted by atomic mass is 10.3.